The van der Waals surface area contributed by atoms with E-state index < -0.39 is 0 Å². The number of ether oxygens (including phenoxy) is 1. The number of rotatable bonds is 3. The van der Waals surface area contributed by atoms with Gasteiger partial charge >= 0.3 is 0 Å². The lowest BCUT2D eigenvalue weighted by atomic mass is 9.86. The maximum absolute atomic E-state index is 6.13. The van der Waals surface area contributed by atoms with Gasteiger partial charge in [-0.1, -0.05) is 24.6 Å². The molecule has 4 rings (SSSR count). The van der Waals surface area contributed by atoms with Crippen LogP contribution in [0.15, 0.2) is 24.3 Å². The van der Waals surface area contributed by atoms with Crippen LogP contribution in [0.25, 0.3) is 0 Å². The number of para-hydroxylation sites is 1. The van der Waals surface area contributed by atoms with Gasteiger partial charge in [0, 0.05) is 18.0 Å². The number of nitrogens with one attached hydrogen (secondary N) is 1. The van der Waals surface area contributed by atoms with Crippen molar-refractivity contribution >= 4 is 0 Å². The van der Waals surface area contributed by atoms with Gasteiger partial charge in [0.05, 0.1) is 0 Å². The maximum atomic E-state index is 6.13. The molecule has 114 valence electrons. The zero-order valence-electron chi connectivity index (χ0n) is 13.3. The van der Waals surface area contributed by atoms with Crippen LogP contribution in [0.1, 0.15) is 57.6 Å². The molecule has 0 radical (unpaired) electrons. The monoisotopic (exact) mass is 285 g/mol. The van der Waals surface area contributed by atoms with Crippen LogP contribution in [0.2, 0.25) is 0 Å². The smallest absolute Gasteiger partial charge is 0.124 e. The highest BCUT2D eigenvalue weighted by atomic mass is 16.5. The first kappa shape index (κ1) is 13.6. The van der Waals surface area contributed by atoms with Gasteiger partial charge in [0.25, 0.3) is 0 Å². The van der Waals surface area contributed by atoms with Crippen LogP contribution in [0, 0.1) is 17.8 Å². The third kappa shape index (κ3) is 2.59. The average molecular weight is 285 g/mol. The Balaban J connectivity index is 1.47. The molecule has 2 aliphatic carbocycles. The van der Waals surface area contributed by atoms with Gasteiger partial charge in [-0.25, -0.2) is 0 Å². The fourth-order valence-electron chi connectivity index (χ4n) is 4.90. The highest BCUT2D eigenvalue weighted by Gasteiger charge is 2.40. The van der Waals surface area contributed by atoms with Gasteiger partial charge in [-0.2, -0.15) is 0 Å². The maximum Gasteiger partial charge on any atom is 0.124 e. The van der Waals surface area contributed by atoms with E-state index in [1.165, 1.54) is 37.8 Å². The molecule has 2 heteroatoms. The highest BCUT2D eigenvalue weighted by Crippen LogP contribution is 2.48. The summed E-state index contributed by atoms with van der Waals surface area (Å²) in [7, 11) is 0. The predicted octanol–water partition coefficient (Wildman–Crippen LogP) is 4.31. The molecule has 2 fully saturated rings. The standard InChI is InChI=1S/C19H27NO/c1-19(2)11-17(16-5-3-4-6-18(16)21-19)20-12-15-10-13-7-8-14(15)9-13/h3-6,13-15,17,20H,7-12H2,1-2H3. The summed E-state index contributed by atoms with van der Waals surface area (Å²) in [5.41, 5.74) is 1.28. The van der Waals surface area contributed by atoms with Crippen molar-refractivity contribution in [2.75, 3.05) is 6.54 Å². The van der Waals surface area contributed by atoms with Crippen LogP contribution >= 0.6 is 0 Å². The largest absolute Gasteiger partial charge is 0.487 e. The van der Waals surface area contributed by atoms with E-state index >= 15 is 0 Å². The van der Waals surface area contributed by atoms with Crippen molar-refractivity contribution in [2.45, 2.75) is 57.6 Å². The van der Waals surface area contributed by atoms with Crippen LogP contribution in [0.5, 0.6) is 5.75 Å². The lowest BCUT2D eigenvalue weighted by Gasteiger charge is -2.38. The van der Waals surface area contributed by atoms with Crippen molar-refractivity contribution < 1.29 is 4.74 Å². The molecule has 0 saturated heterocycles. The van der Waals surface area contributed by atoms with Crippen molar-refractivity contribution in [3.8, 4) is 5.75 Å². The Morgan fingerprint density at radius 3 is 2.81 bits per heavy atom. The first-order valence-corrected chi connectivity index (χ1v) is 8.62. The van der Waals surface area contributed by atoms with Gasteiger partial charge in [-0.15, -0.1) is 0 Å². The Labute approximate surface area is 128 Å². The molecule has 4 atom stereocenters. The van der Waals surface area contributed by atoms with Crippen molar-refractivity contribution in [1.82, 2.24) is 5.32 Å². The molecule has 0 aromatic heterocycles. The minimum atomic E-state index is -0.0687. The second-order valence-corrected chi connectivity index (χ2v) is 8.00. The van der Waals surface area contributed by atoms with Gasteiger partial charge < -0.3 is 10.1 Å². The molecule has 3 aliphatic rings. The van der Waals surface area contributed by atoms with Gasteiger partial charge in [0.1, 0.15) is 11.4 Å². The molecule has 1 heterocycles. The van der Waals surface area contributed by atoms with Gasteiger partial charge in [-0.3, -0.25) is 0 Å². The van der Waals surface area contributed by atoms with Crippen LogP contribution in [-0.4, -0.2) is 12.1 Å². The van der Waals surface area contributed by atoms with Crippen LogP contribution in [0.4, 0.5) is 0 Å². The lowest BCUT2D eigenvalue weighted by Crippen LogP contribution is -2.41. The number of benzene rings is 1. The summed E-state index contributed by atoms with van der Waals surface area (Å²) in [6.45, 7) is 5.60. The van der Waals surface area contributed by atoms with E-state index in [1.807, 2.05) is 0 Å². The molecule has 1 N–H and O–H groups in total. The lowest BCUT2D eigenvalue weighted by molar-refractivity contribution is 0.0646. The Hall–Kier alpha value is -1.02. The summed E-state index contributed by atoms with van der Waals surface area (Å²) in [4.78, 5) is 0. The van der Waals surface area contributed by atoms with Crippen LogP contribution in [0.3, 0.4) is 0 Å². The van der Waals surface area contributed by atoms with Crippen molar-refractivity contribution in [3.63, 3.8) is 0 Å². The predicted molar refractivity (Wildman–Crippen MR) is 85.4 cm³/mol. The van der Waals surface area contributed by atoms with Gasteiger partial charge in [0.2, 0.25) is 0 Å². The van der Waals surface area contributed by atoms with Gasteiger partial charge in [-0.05, 0) is 63.5 Å². The third-order valence-electron chi connectivity index (χ3n) is 5.89. The molecule has 2 bridgehead atoms. The molecule has 1 aromatic rings. The molecule has 1 aromatic carbocycles. The fraction of sp³-hybridized carbons (Fsp3) is 0.684. The molecule has 2 saturated carbocycles. The quantitative estimate of drug-likeness (QED) is 0.893. The Morgan fingerprint density at radius 1 is 1.19 bits per heavy atom. The third-order valence-corrected chi connectivity index (χ3v) is 5.89. The zero-order chi connectivity index (χ0) is 14.4. The van der Waals surface area contributed by atoms with E-state index in [0.29, 0.717) is 6.04 Å². The van der Waals surface area contributed by atoms with Crippen molar-refractivity contribution in [2.24, 2.45) is 17.8 Å². The molecular formula is C19H27NO. The summed E-state index contributed by atoms with van der Waals surface area (Å²) in [5.74, 6) is 4.03. The van der Waals surface area contributed by atoms with Crippen molar-refractivity contribution in [3.05, 3.63) is 29.8 Å². The summed E-state index contributed by atoms with van der Waals surface area (Å²) >= 11 is 0. The first-order valence-electron chi connectivity index (χ1n) is 8.62. The van der Waals surface area contributed by atoms with E-state index in [-0.39, 0.29) is 5.60 Å². The Bertz CT molecular complexity index is 524. The van der Waals surface area contributed by atoms with E-state index in [9.17, 15) is 0 Å². The molecule has 0 amide bonds. The van der Waals surface area contributed by atoms with E-state index in [0.717, 1.165) is 29.9 Å². The summed E-state index contributed by atoms with van der Waals surface area (Å²) in [5, 5.41) is 3.88. The van der Waals surface area contributed by atoms with E-state index in [1.54, 1.807) is 0 Å². The van der Waals surface area contributed by atoms with Crippen molar-refractivity contribution in [1.29, 1.82) is 0 Å². The normalized spacial score (nSPS) is 36.3. The topological polar surface area (TPSA) is 21.3 Å². The molecule has 4 unspecified atom stereocenters. The molecule has 1 aliphatic heterocycles. The van der Waals surface area contributed by atoms with Crippen LogP contribution < -0.4 is 10.1 Å². The second kappa shape index (κ2) is 5.01. The summed E-state index contributed by atoms with van der Waals surface area (Å²) < 4.78 is 6.13. The molecular weight excluding hydrogens is 258 g/mol. The Morgan fingerprint density at radius 2 is 2.05 bits per heavy atom. The fourth-order valence-corrected chi connectivity index (χ4v) is 4.90. The highest BCUT2D eigenvalue weighted by molar-refractivity contribution is 5.38. The van der Waals surface area contributed by atoms with Crippen LogP contribution in [-0.2, 0) is 0 Å². The number of fused-ring (bicyclic) bond motifs is 3. The average Bonchev–Trinajstić information content (AvgIpc) is 3.06. The van der Waals surface area contributed by atoms with E-state index in [4.69, 9.17) is 4.74 Å². The number of hydrogen-bond donors (Lipinski definition) is 1. The molecule has 2 nitrogen and oxygen atoms in total. The van der Waals surface area contributed by atoms with Gasteiger partial charge in [0.15, 0.2) is 0 Å². The summed E-state index contributed by atoms with van der Waals surface area (Å²) in [6, 6.07) is 9.00. The number of hydrogen-bond acceptors (Lipinski definition) is 2. The Kier molecular flexibility index (Phi) is 3.25. The molecule has 21 heavy (non-hydrogen) atoms. The van der Waals surface area contributed by atoms with E-state index in [2.05, 4.69) is 43.4 Å². The minimum absolute atomic E-state index is 0.0687. The zero-order valence-corrected chi connectivity index (χ0v) is 13.3. The second-order valence-electron chi connectivity index (χ2n) is 8.00. The SMILES string of the molecule is CC1(C)CC(NCC2CC3CCC2C3)c2ccccc2O1. The first-order chi connectivity index (χ1) is 10.1. The molecule has 0 spiro atoms. The summed E-state index contributed by atoms with van der Waals surface area (Å²) in [6.07, 6.45) is 7.00. The minimum Gasteiger partial charge on any atom is -0.487 e.